The van der Waals surface area contributed by atoms with Gasteiger partial charge in [-0.15, -0.1) is 0 Å². The van der Waals surface area contributed by atoms with E-state index in [4.69, 9.17) is 20.2 Å². The van der Waals surface area contributed by atoms with Crippen molar-refractivity contribution in [3.8, 4) is 11.3 Å². The van der Waals surface area contributed by atoms with Crippen molar-refractivity contribution < 1.29 is 9.47 Å². The minimum Gasteiger partial charge on any atom is -0.462 e. The van der Waals surface area contributed by atoms with E-state index in [9.17, 15) is 0 Å². The minimum atomic E-state index is -0.399. The molecule has 0 bridgehead atoms. The number of aliphatic imine (C=N–C) groups is 1. The zero-order valence-electron chi connectivity index (χ0n) is 15.5. The zero-order chi connectivity index (χ0) is 18.5. The van der Waals surface area contributed by atoms with E-state index in [1.807, 2.05) is 19.2 Å². The number of rotatable bonds is 2. The van der Waals surface area contributed by atoms with E-state index in [0.717, 1.165) is 43.4 Å². The molecule has 2 spiro atoms. The number of hydrogen-bond donors (Lipinski definition) is 1. The first-order valence-corrected chi connectivity index (χ1v) is 9.58. The third-order valence-electron chi connectivity index (χ3n) is 6.78. The van der Waals surface area contributed by atoms with Crippen LogP contribution < -0.4 is 5.73 Å². The number of amidine groups is 1. The molecule has 0 saturated heterocycles. The molecule has 2 N–H and O–H groups in total. The first-order valence-electron chi connectivity index (χ1n) is 9.58. The molecule has 2 heterocycles. The van der Waals surface area contributed by atoms with Crippen LogP contribution in [-0.2, 0) is 21.4 Å². The maximum atomic E-state index is 6.02. The van der Waals surface area contributed by atoms with Gasteiger partial charge in [-0.05, 0) is 61.4 Å². The maximum absolute atomic E-state index is 6.02. The van der Waals surface area contributed by atoms with Crippen molar-refractivity contribution in [1.82, 2.24) is 10.2 Å². The van der Waals surface area contributed by atoms with E-state index < -0.39 is 5.54 Å². The molecule has 27 heavy (non-hydrogen) atoms. The van der Waals surface area contributed by atoms with E-state index in [2.05, 4.69) is 28.4 Å². The fraction of sp³-hybridized carbons (Fsp3) is 0.476. The molecule has 0 amide bonds. The molecule has 6 nitrogen and oxygen atoms in total. The third kappa shape index (κ3) is 2.39. The van der Waals surface area contributed by atoms with E-state index in [0.29, 0.717) is 18.7 Å². The topological polar surface area (TPSA) is 82.6 Å². The Balaban J connectivity index is 1.61. The van der Waals surface area contributed by atoms with Gasteiger partial charge in [0, 0.05) is 24.3 Å². The number of nitrogens with zero attached hydrogens (tertiary/aromatic N) is 3. The van der Waals surface area contributed by atoms with Gasteiger partial charge in [0.1, 0.15) is 12.1 Å². The zero-order valence-corrected chi connectivity index (χ0v) is 15.5. The van der Waals surface area contributed by atoms with Crippen molar-refractivity contribution >= 4 is 6.02 Å². The number of nitrogens with two attached hydrogens (primary N) is 1. The molecule has 1 aliphatic heterocycles. The van der Waals surface area contributed by atoms with E-state index in [-0.39, 0.29) is 5.41 Å². The predicted molar refractivity (Wildman–Crippen MR) is 102 cm³/mol. The van der Waals surface area contributed by atoms with Crippen LogP contribution in [0.3, 0.4) is 0 Å². The van der Waals surface area contributed by atoms with Gasteiger partial charge in [-0.1, -0.05) is 12.1 Å². The van der Waals surface area contributed by atoms with Crippen molar-refractivity contribution in [3.63, 3.8) is 0 Å². The Morgan fingerprint density at radius 2 is 2.07 bits per heavy atom. The van der Waals surface area contributed by atoms with Gasteiger partial charge in [-0.3, -0.25) is 0 Å². The first-order chi connectivity index (χ1) is 13.2. The number of fused-ring (bicyclic) bond motifs is 3. The van der Waals surface area contributed by atoms with Crippen LogP contribution in [0.4, 0.5) is 0 Å². The van der Waals surface area contributed by atoms with Gasteiger partial charge in [0.05, 0.1) is 11.8 Å². The molecule has 0 radical (unpaired) electrons. The lowest BCUT2D eigenvalue weighted by atomic mass is 9.62. The molecule has 3 aliphatic rings. The monoisotopic (exact) mass is 364 g/mol. The summed E-state index contributed by atoms with van der Waals surface area (Å²) in [4.78, 5) is 4.92. The Hall–Kier alpha value is -2.47. The van der Waals surface area contributed by atoms with Gasteiger partial charge in [-0.2, -0.15) is 10.2 Å². The summed E-state index contributed by atoms with van der Waals surface area (Å²) in [5, 5.41) is 8.29. The molecule has 1 saturated carbocycles. The molecule has 2 aliphatic carbocycles. The second kappa shape index (κ2) is 6.02. The second-order valence-corrected chi connectivity index (χ2v) is 7.97. The predicted octanol–water partition coefficient (Wildman–Crippen LogP) is 2.82. The largest absolute Gasteiger partial charge is 0.462 e. The van der Waals surface area contributed by atoms with Crippen LogP contribution in [-0.4, -0.2) is 36.0 Å². The molecular formula is C21H24N4O2. The summed E-state index contributed by atoms with van der Waals surface area (Å²) >= 11 is 0. The second-order valence-electron chi connectivity index (χ2n) is 7.97. The molecule has 2 aromatic rings. The molecule has 1 aromatic carbocycles. The summed E-state index contributed by atoms with van der Waals surface area (Å²) in [6, 6.07) is 10.8. The highest BCUT2D eigenvalue weighted by atomic mass is 16.5. The van der Waals surface area contributed by atoms with Crippen LogP contribution in [0, 0.1) is 5.41 Å². The summed E-state index contributed by atoms with van der Waals surface area (Å²) in [5.74, 6) is 0. The Labute approximate surface area is 158 Å². The Morgan fingerprint density at radius 1 is 1.22 bits per heavy atom. The lowest BCUT2D eigenvalue weighted by Crippen LogP contribution is -2.46. The molecule has 1 unspecified atom stereocenters. The molecule has 6 heteroatoms. The van der Waals surface area contributed by atoms with Gasteiger partial charge in [-0.25, -0.2) is 4.99 Å². The number of methoxy groups -OCH3 is 1. The Kier molecular flexibility index (Phi) is 3.72. The van der Waals surface area contributed by atoms with Gasteiger partial charge in [0.15, 0.2) is 0 Å². The van der Waals surface area contributed by atoms with Crippen molar-refractivity contribution in [2.45, 2.75) is 43.7 Å². The van der Waals surface area contributed by atoms with Crippen molar-refractivity contribution in [2.75, 3.05) is 13.7 Å². The van der Waals surface area contributed by atoms with Crippen LogP contribution in [0.2, 0.25) is 0 Å². The third-order valence-corrected chi connectivity index (χ3v) is 6.78. The molecule has 1 aromatic heterocycles. The van der Waals surface area contributed by atoms with Gasteiger partial charge in [0.25, 0.3) is 6.02 Å². The van der Waals surface area contributed by atoms with Gasteiger partial charge >= 0.3 is 0 Å². The summed E-state index contributed by atoms with van der Waals surface area (Å²) in [5.41, 5.74) is 10.2. The van der Waals surface area contributed by atoms with E-state index in [1.54, 1.807) is 6.20 Å². The standard InChI is InChI=1S/C21H24N4O2/c1-26-16-6-8-20(9-7-16)12-15-5-4-14(18-3-2-10-23-25-18)11-17(15)21(20)13-27-19(22)24-21/h2-5,10-11,16H,6-9,12-13H2,1H3,(H2,22,24). The van der Waals surface area contributed by atoms with Crippen LogP contribution in [0.1, 0.15) is 36.8 Å². The fourth-order valence-corrected chi connectivity index (χ4v) is 5.34. The Bertz CT molecular complexity index is 890. The molecule has 140 valence electrons. The smallest absolute Gasteiger partial charge is 0.283 e. The van der Waals surface area contributed by atoms with Crippen molar-refractivity contribution in [2.24, 2.45) is 16.1 Å². The number of hydrogen-bond acceptors (Lipinski definition) is 6. The number of aromatic nitrogens is 2. The van der Waals surface area contributed by atoms with Crippen LogP contribution >= 0.6 is 0 Å². The minimum absolute atomic E-state index is 0.0481. The summed E-state index contributed by atoms with van der Waals surface area (Å²) in [7, 11) is 1.81. The highest BCUT2D eigenvalue weighted by molar-refractivity contribution is 5.75. The summed E-state index contributed by atoms with van der Waals surface area (Å²) < 4.78 is 11.4. The normalized spacial score (nSPS) is 31.7. The van der Waals surface area contributed by atoms with Crippen molar-refractivity contribution in [3.05, 3.63) is 47.7 Å². The summed E-state index contributed by atoms with van der Waals surface area (Å²) in [6.45, 7) is 0.521. The van der Waals surface area contributed by atoms with Gasteiger partial charge < -0.3 is 15.2 Å². The first kappa shape index (κ1) is 16.7. The Morgan fingerprint density at radius 3 is 2.74 bits per heavy atom. The molecule has 5 rings (SSSR count). The van der Waals surface area contributed by atoms with E-state index in [1.165, 1.54) is 11.1 Å². The average molecular weight is 364 g/mol. The molecule has 1 fully saturated rings. The number of benzene rings is 1. The molecular weight excluding hydrogens is 340 g/mol. The highest BCUT2D eigenvalue weighted by Crippen LogP contribution is 2.61. The lowest BCUT2D eigenvalue weighted by molar-refractivity contribution is -0.00983. The van der Waals surface area contributed by atoms with Crippen molar-refractivity contribution in [1.29, 1.82) is 0 Å². The van der Waals surface area contributed by atoms with Crippen LogP contribution in [0.15, 0.2) is 41.5 Å². The fourth-order valence-electron chi connectivity index (χ4n) is 5.34. The maximum Gasteiger partial charge on any atom is 0.283 e. The lowest BCUT2D eigenvalue weighted by Gasteiger charge is -2.45. The summed E-state index contributed by atoms with van der Waals surface area (Å²) in [6.07, 6.45) is 7.30. The quantitative estimate of drug-likeness (QED) is 0.886. The van der Waals surface area contributed by atoms with Gasteiger partial charge in [0.2, 0.25) is 0 Å². The highest BCUT2D eigenvalue weighted by Gasteiger charge is 2.61. The van der Waals surface area contributed by atoms with Crippen LogP contribution in [0.25, 0.3) is 11.3 Å². The number of ether oxygens (including phenoxy) is 2. The van der Waals surface area contributed by atoms with E-state index >= 15 is 0 Å². The SMILES string of the molecule is COC1CCC2(CC1)Cc1ccc(-c3cccnn3)cc1C21COC(N)=N1. The average Bonchev–Trinajstić information content (AvgIpc) is 3.23. The molecule has 1 atom stereocenters. The van der Waals surface area contributed by atoms with Crippen LogP contribution in [0.5, 0.6) is 0 Å².